The molecule has 1 fully saturated rings. The molecule has 7 heteroatoms. The lowest BCUT2D eigenvalue weighted by molar-refractivity contribution is 0.0560. The van der Waals surface area contributed by atoms with Gasteiger partial charge >= 0.3 is 0 Å². The zero-order valence-corrected chi connectivity index (χ0v) is 14.7. The van der Waals surface area contributed by atoms with Gasteiger partial charge < -0.3 is 14.4 Å². The van der Waals surface area contributed by atoms with Crippen LogP contribution in [0, 0.1) is 0 Å². The summed E-state index contributed by atoms with van der Waals surface area (Å²) in [5, 5.41) is 14.5. The summed E-state index contributed by atoms with van der Waals surface area (Å²) < 4.78 is 9.24. The number of carbonyl (C=O) groups is 1. The molecule has 3 heterocycles. The van der Waals surface area contributed by atoms with Gasteiger partial charge in [-0.2, -0.15) is 0 Å². The second-order valence-corrected chi connectivity index (χ2v) is 6.93. The Morgan fingerprint density at radius 2 is 2.38 bits per heavy atom. The van der Waals surface area contributed by atoms with E-state index in [1.807, 2.05) is 11.8 Å². The number of aryl methyl sites for hydroxylation is 1. The molecule has 0 spiro atoms. The Labute approximate surface area is 145 Å². The van der Waals surface area contributed by atoms with E-state index in [1.165, 1.54) is 11.5 Å². The van der Waals surface area contributed by atoms with E-state index in [1.54, 1.807) is 18.4 Å². The average Bonchev–Trinajstić information content (AvgIpc) is 3.23. The zero-order chi connectivity index (χ0) is 16.9. The van der Waals surface area contributed by atoms with Crippen molar-refractivity contribution in [2.24, 2.45) is 0 Å². The lowest BCUT2D eigenvalue weighted by atomic mass is 10.0. The van der Waals surface area contributed by atoms with Gasteiger partial charge in [-0.1, -0.05) is 24.3 Å². The van der Waals surface area contributed by atoms with E-state index in [2.05, 4.69) is 9.59 Å². The SMILES string of the molecule is CCc1nnsc1C(=O)N1CCCCC[C@H]1C[C@@H](O)c1ccco1. The smallest absolute Gasteiger partial charge is 0.267 e. The normalized spacial score (nSPS) is 19.9. The van der Waals surface area contributed by atoms with Gasteiger partial charge in [0, 0.05) is 19.0 Å². The molecule has 1 saturated heterocycles. The van der Waals surface area contributed by atoms with Crippen LogP contribution in [0.2, 0.25) is 0 Å². The molecule has 1 aliphatic heterocycles. The van der Waals surface area contributed by atoms with Crippen LogP contribution in [-0.2, 0) is 6.42 Å². The first-order chi connectivity index (χ1) is 11.7. The molecule has 0 unspecified atom stereocenters. The molecule has 3 rings (SSSR count). The second-order valence-electron chi connectivity index (χ2n) is 6.17. The first kappa shape index (κ1) is 17.1. The molecule has 24 heavy (non-hydrogen) atoms. The van der Waals surface area contributed by atoms with E-state index in [0.29, 0.717) is 23.5 Å². The third-order valence-corrected chi connectivity index (χ3v) is 5.35. The fourth-order valence-electron chi connectivity index (χ4n) is 3.28. The van der Waals surface area contributed by atoms with Crippen molar-refractivity contribution >= 4 is 17.4 Å². The van der Waals surface area contributed by atoms with E-state index in [-0.39, 0.29) is 11.9 Å². The van der Waals surface area contributed by atoms with Crippen molar-refractivity contribution in [2.75, 3.05) is 6.54 Å². The Morgan fingerprint density at radius 3 is 3.12 bits per heavy atom. The number of hydrogen-bond acceptors (Lipinski definition) is 6. The monoisotopic (exact) mass is 349 g/mol. The maximum atomic E-state index is 13.0. The number of hydrogen-bond donors (Lipinski definition) is 1. The Kier molecular flexibility index (Phi) is 5.63. The molecule has 2 atom stereocenters. The van der Waals surface area contributed by atoms with Crippen LogP contribution in [0.3, 0.4) is 0 Å². The van der Waals surface area contributed by atoms with Crippen LogP contribution in [0.5, 0.6) is 0 Å². The van der Waals surface area contributed by atoms with Gasteiger partial charge in [0.15, 0.2) is 0 Å². The largest absolute Gasteiger partial charge is 0.467 e. The van der Waals surface area contributed by atoms with Crippen molar-refractivity contribution in [1.29, 1.82) is 0 Å². The summed E-state index contributed by atoms with van der Waals surface area (Å²) in [7, 11) is 0. The number of aromatic nitrogens is 2. The van der Waals surface area contributed by atoms with Crippen LogP contribution in [0.15, 0.2) is 22.8 Å². The molecule has 1 amide bonds. The number of rotatable bonds is 5. The quantitative estimate of drug-likeness (QED) is 0.897. The maximum Gasteiger partial charge on any atom is 0.267 e. The van der Waals surface area contributed by atoms with Crippen LogP contribution in [-0.4, -0.2) is 38.1 Å². The van der Waals surface area contributed by atoms with Crippen LogP contribution in [0.4, 0.5) is 0 Å². The van der Waals surface area contributed by atoms with Crippen LogP contribution < -0.4 is 0 Å². The summed E-state index contributed by atoms with van der Waals surface area (Å²) in [5.74, 6) is 0.556. The van der Waals surface area contributed by atoms with Crippen LogP contribution >= 0.6 is 11.5 Å². The summed E-state index contributed by atoms with van der Waals surface area (Å²) in [4.78, 5) is 15.6. The van der Waals surface area contributed by atoms with E-state index >= 15 is 0 Å². The van der Waals surface area contributed by atoms with Crippen molar-refractivity contribution in [3.05, 3.63) is 34.7 Å². The van der Waals surface area contributed by atoms with Crippen molar-refractivity contribution in [3.63, 3.8) is 0 Å². The lowest BCUT2D eigenvalue weighted by Gasteiger charge is -2.31. The van der Waals surface area contributed by atoms with Gasteiger partial charge in [-0.25, -0.2) is 0 Å². The minimum Gasteiger partial charge on any atom is -0.467 e. The van der Waals surface area contributed by atoms with Gasteiger partial charge in [-0.15, -0.1) is 5.10 Å². The summed E-state index contributed by atoms with van der Waals surface area (Å²) >= 11 is 1.17. The Bertz CT molecular complexity index is 656. The molecule has 0 aromatic carbocycles. The van der Waals surface area contributed by atoms with Gasteiger partial charge in [-0.3, -0.25) is 4.79 Å². The first-order valence-electron chi connectivity index (χ1n) is 8.54. The number of amides is 1. The van der Waals surface area contributed by atoms with Crippen LogP contribution in [0.25, 0.3) is 0 Å². The third kappa shape index (κ3) is 3.67. The predicted molar refractivity (Wildman–Crippen MR) is 90.9 cm³/mol. The zero-order valence-electron chi connectivity index (χ0n) is 13.9. The topological polar surface area (TPSA) is 79.5 Å². The molecule has 0 saturated carbocycles. The van der Waals surface area contributed by atoms with Gasteiger partial charge in [0.1, 0.15) is 16.7 Å². The molecule has 0 bridgehead atoms. The Balaban J connectivity index is 1.78. The van der Waals surface area contributed by atoms with Crippen LogP contribution in [0.1, 0.15) is 66.3 Å². The van der Waals surface area contributed by atoms with Gasteiger partial charge in [-0.05, 0) is 42.9 Å². The third-order valence-electron chi connectivity index (χ3n) is 4.59. The highest BCUT2D eigenvalue weighted by atomic mass is 32.1. The average molecular weight is 349 g/mol. The van der Waals surface area contributed by atoms with E-state index in [9.17, 15) is 9.90 Å². The Morgan fingerprint density at radius 1 is 1.50 bits per heavy atom. The minimum absolute atomic E-state index is 0.000366. The Hall–Kier alpha value is -1.73. The highest BCUT2D eigenvalue weighted by Crippen LogP contribution is 2.28. The standard InChI is InChI=1S/C17H23N3O3S/c1-2-13-16(24-19-18-13)17(22)20-9-5-3-4-7-12(20)11-14(21)15-8-6-10-23-15/h6,8,10,12,14,21H,2-5,7,9,11H2,1H3/t12-,14+/m0/s1. The summed E-state index contributed by atoms with van der Waals surface area (Å²) in [6, 6.07) is 3.55. The van der Waals surface area contributed by atoms with E-state index in [4.69, 9.17) is 4.42 Å². The van der Waals surface area contributed by atoms with Gasteiger partial charge in [0.25, 0.3) is 5.91 Å². The lowest BCUT2D eigenvalue weighted by Crippen LogP contribution is -2.41. The van der Waals surface area contributed by atoms with Crippen molar-refractivity contribution in [3.8, 4) is 0 Å². The molecule has 1 aliphatic rings. The van der Waals surface area contributed by atoms with Gasteiger partial charge in [0.2, 0.25) is 0 Å². The molecule has 2 aromatic rings. The summed E-state index contributed by atoms with van der Waals surface area (Å²) in [5.41, 5.74) is 0.763. The number of furan rings is 1. The minimum atomic E-state index is -0.691. The first-order valence-corrected chi connectivity index (χ1v) is 9.31. The van der Waals surface area contributed by atoms with Crippen molar-refractivity contribution in [2.45, 2.75) is 57.6 Å². The molecule has 0 aliphatic carbocycles. The predicted octanol–water partition coefficient (Wildman–Crippen LogP) is 3.20. The number of carbonyl (C=O) groups excluding carboxylic acids is 1. The van der Waals surface area contributed by atoms with Crippen molar-refractivity contribution in [1.82, 2.24) is 14.5 Å². The molecule has 6 nitrogen and oxygen atoms in total. The number of nitrogens with zero attached hydrogens (tertiary/aromatic N) is 3. The molecule has 2 aromatic heterocycles. The highest BCUT2D eigenvalue weighted by molar-refractivity contribution is 7.08. The van der Waals surface area contributed by atoms with Crippen molar-refractivity contribution < 1.29 is 14.3 Å². The summed E-state index contributed by atoms with van der Waals surface area (Å²) in [6.45, 7) is 2.70. The number of aliphatic hydroxyl groups is 1. The fourth-order valence-corrected chi connectivity index (χ4v) is 3.98. The van der Waals surface area contributed by atoms with E-state index in [0.717, 1.165) is 37.9 Å². The number of aliphatic hydroxyl groups excluding tert-OH is 1. The molecule has 1 N–H and O–H groups in total. The van der Waals surface area contributed by atoms with E-state index < -0.39 is 6.10 Å². The molecular formula is C17H23N3O3S. The van der Waals surface area contributed by atoms with Gasteiger partial charge in [0.05, 0.1) is 12.0 Å². The fraction of sp³-hybridized carbons (Fsp3) is 0.588. The molecule has 130 valence electrons. The molecular weight excluding hydrogens is 326 g/mol. The second kappa shape index (κ2) is 7.90. The number of likely N-dealkylation sites (tertiary alicyclic amines) is 1. The maximum absolute atomic E-state index is 13.0. The summed E-state index contributed by atoms with van der Waals surface area (Å²) in [6.07, 6.45) is 6.14. The molecule has 0 radical (unpaired) electrons. The highest BCUT2D eigenvalue weighted by Gasteiger charge is 2.31.